The molecule has 0 unspecified atom stereocenters. The van der Waals surface area contributed by atoms with E-state index in [0.29, 0.717) is 17.3 Å². The fourth-order valence-corrected chi connectivity index (χ4v) is 3.90. The number of esters is 1. The first-order valence-electron chi connectivity index (χ1n) is 10.4. The average Bonchev–Trinajstić information content (AvgIpc) is 3.23. The minimum atomic E-state index is -0.352. The molecule has 4 aromatic rings. The van der Waals surface area contributed by atoms with Gasteiger partial charge >= 0.3 is 5.97 Å². The standard InChI is InChI=1S/C25H22BrN3O3S/c1-2-31-24(30)17-8-11-20(12-9-17)27-25(33)29-28-23(16-6-4-3-5-7-16)22-15-18-14-19(26)10-13-21(18)32-22/h3-15,23,28H,2H2,1H3,(H2,27,29,33)/t23-/m1/s1. The highest BCUT2D eigenvalue weighted by Gasteiger charge is 2.19. The number of hydrogen-bond donors (Lipinski definition) is 3. The lowest BCUT2D eigenvalue weighted by Crippen LogP contribution is -2.42. The Morgan fingerprint density at radius 3 is 2.55 bits per heavy atom. The summed E-state index contributed by atoms with van der Waals surface area (Å²) in [6.45, 7) is 2.11. The third-order valence-corrected chi connectivity index (χ3v) is 5.60. The fraction of sp³-hybridized carbons (Fsp3) is 0.120. The van der Waals surface area contributed by atoms with E-state index in [1.807, 2.05) is 54.6 Å². The monoisotopic (exact) mass is 523 g/mol. The van der Waals surface area contributed by atoms with Gasteiger partial charge in [-0.3, -0.25) is 5.43 Å². The Hall–Kier alpha value is -3.20. The lowest BCUT2D eigenvalue weighted by Gasteiger charge is -2.19. The summed E-state index contributed by atoms with van der Waals surface area (Å²) in [6, 6.07) is 24.5. The van der Waals surface area contributed by atoms with E-state index in [4.69, 9.17) is 21.4 Å². The smallest absolute Gasteiger partial charge is 0.338 e. The highest BCUT2D eigenvalue weighted by atomic mass is 79.9. The second kappa shape index (κ2) is 10.6. The molecule has 4 rings (SSSR count). The van der Waals surface area contributed by atoms with Crippen molar-refractivity contribution in [2.75, 3.05) is 11.9 Å². The highest BCUT2D eigenvalue weighted by molar-refractivity contribution is 9.10. The van der Waals surface area contributed by atoms with Crippen molar-refractivity contribution in [1.29, 1.82) is 0 Å². The van der Waals surface area contributed by atoms with Gasteiger partial charge in [-0.15, -0.1) is 0 Å². The van der Waals surface area contributed by atoms with Crippen LogP contribution in [0.5, 0.6) is 0 Å². The Morgan fingerprint density at radius 2 is 1.82 bits per heavy atom. The molecule has 0 saturated carbocycles. The molecule has 1 heterocycles. The van der Waals surface area contributed by atoms with Gasteiger partial charge in [0.15, 0.2) is 5.11 Å². The molecule has 0 radical (unpaired) electrons. The normalized spacial score (nSPS) is 11.7. The van der Waals surface area contributed by atoms with Gasteiger partial charge in [0.05, 0.1) is 12.2 Å². The summed E-state index contributed by atoms with van der Waals surface area (Å²) in [7, 11) is 0. The molecule has 0 bridgehead atoms. The van der Waals surface area contributed by atoms with Crippen molar-refractivity contribution in [3.63, 3.8) is 0 Å². The van der Waals surface area contributed by atoms with Crippen LogP contribution in [0.25, 0.3) is 11.0 Å². The predicted octanol–water partition coefficient (Wildman–Crippen LogP) is 5.95. The van der Waals surface area contributed by atoms with E-state index in [-0.39, 0.29) is 12.0 Å². The first-order chi connectivity index (χ1) is 16.0. The summed E-state index contributed by atoms with van der Waals surface area (Å²) < 4.78 is 12.1. The molecule has 0 amide bonds. The highest BCUT2D eigenvalue weighted by Crippen LogP contribution is 2.29. The first-order valence-corrected chi connectivity index (χ1v) is 11.6. The number of benzene rings is 3. The van der Waals surface area contributed by atoms with Crippen LogP contribution in [0.3, 0.4) is 0 Å². The zero-order valence-electron chi connectivity index (χ0n) is 17.8. The van der Waals surface area contributed by atoms with Gasteiger partial charge in [0.1, 0.15) is 17.4 Å². The maximum absolute atomic E-state index is 11.8. The Kier molecular flexibility index (Phi) is 7.39. The molecular formula is C25H22BrN3O3S. The van der Waals surface area contributed by atoms with Gasteiger partial charge in [-0.25, -0.2) is 10.2 Å². The Morgan fingerprint density at radius 1 is 1.06 bits per heavy atom. The lowest BCUT2D eigenvalue weighted by molar-refractivity contribution is 0.0526. The molecule has 3 N–H and O–H groups in total. The molecule has 0 saturated heterocycles. The Bertz CT molecular complexity index is 1260. The molecule has 3 aromatic carbocycles. The quantitative estimate of drug-likeness (QED) is 0.157. The van der Waals surface area contributed by atoms with Crippen molar-refractivity contribution >= 4 is 55.9 Å². The number of carbonyl (C=O) groups is 1. The molecule has 0 spiro atoms. The van der Waals surface area contributed by atoms with Crippen LogP contribution in [0.1, 0.15) is 34.6 Å². The van der Waals surface area contributed by atoms with Crippen LogP contribution < -0.4 is 16.2 Å². The first kappa shape index (κ1) is 23.0. The molecular weight excluding hydrogens is 502 g/mol. The van der Waals surface area contributed by atoms with Gasteiger partial charge in [0.2, 0.25) is 0 Å². The van der Waals surface area contributed by atoms with Gasteiger partial charge in [0.25, 0.3) is 0 Å². The van der Waals surface area contributed by atoms with Crippen LogP contribution in [0.4, 0.5) is 5.69 Å². The maximum atomic E-state index is 11.8. The van der Waals surface area contributed by atoms with E-state index in [2.05, 4.69) is 32.1 Å². The van der Waals surface area contributed by atoms with E-state index < -0.39 is 0 Å². The van der Waals surface area contributed by atoms with Crippen molar-refractivity contribution in [2.24, 2.45) is 0 Å². The summed E-state index contributed by atoms with van der Waals surface area (Å²) in [5, 5.41) is 4.48. The number of ether oxygens (including phenoxy) is 1. The number of halogens is 1. The van der Waals surface area contributed by atoms with Crippen molar-refractivity contribution in [3.8, 4) is 0 Å². The van der Waals surface area contributed by atoms with Crippen LogP contribution in [-0.2, 0) is 4.74 Å². The van der Waals surface area contributed by atoms with Gasteiger partial charge in [0, 0.05) is 15.5 Å². The molecule has 33 heavy (non-hydrogen) atoms. The van der Waals surface area contributed by atoms with Crippen molar-refractivity contribution in [1.82, 2.24) is 10.9 Å². The van der Waals surface area contributed by atoms with Gasteiger partial charge < -0.3 is 14.5 Å². The molecule has 1 atom stereocenters. The van der Waals surface area contributed by atoms with E-state index in [9.17, 15) is 4.79 Å². The number of nitrogens with one attached hydrogen (secondary N) is 3. The van der Waals surface area contributed by atoms with Crippen LogP contribution in [0, 0.1) is 0 Å². The summed E-state index contributed by atoms with van der Waals surface area (Å²) in [4.78, 5) is 11.8. The SMILES string of the molecule is CCOC(=O)c1ccc(NC(=S)NN[C@H](c2ccccc2)c2cc3cc(Br)ccc3o2)cc1. The molecule has 0 aliphatic carbocycles. The molecule has 0 aliphatic heterocycles. The van der Waals surface area contributed by atoms with E-state index >= 15 is 0 Å². The van der Waals surface area contributed by atoms with Crippen LogP contribution in [0.2, 0.25) is 0 Å². The van der Waals surface area contributed by atoms with Gasteiger partial charge in [-0.1, -0.05) is 46.3 Å². The topological polar surface area (TPSA) is 75.5 Å². The number of hydrogen-bond acceptors (Lipinski definition) is 5. The number of rotatable bonds is 7. The van der Waals surface area contributed by atoms with E-state index in [1.165, 1.54) is 0 Å². The molecule has 6 nitrogen and oxygen atoms in total. The zero-order valence-corrected chi connectivity index (χ0v) is 20.2. The number of carbonyl (C=O) groups excluding carboxylic acids is 1. The van der Waals surface area contributed by atoms with Crippen molar-refractivity contribution < 1.29 is 13.9 Å². The largest absolute Gasteiger partial charge is 0.462 e. The molecule has 8 heteroatoms. The second-order valence-corrected chi connectivity index (χ2v) is 8.52. The number of fused-ring (bicyclic) bond motifs is 1. The minimum absolute atomic E-state index is 0.275. The second-order valence-electron chi connectivity index (χ2n) is 7.20. The van der Waals surface area contributed by atoms with Crippen molar-refractivity contribution in [2.45, 2.75) is 13.0 Å². The number of anilines is 1. The summed E-state index contributed by atoms with van der Waals surface area (Å²) in [5.41, 5.74) is 9.36. The van der Waals surface area contributed by atoms with Crippen LogP contribution in [0.15, 0.2) is 87.8 Å². The molecule has 0 fully saturated rings. The fourth-order valence-electron chi connectivity index (χ4n) is 3.35. The van der Waals surface area contributed by atoms with Crippen LogP contribution in [-0.4, -0.2) is 17.7 Å². The molecule has 1 aromatic heterocycles. The third kappa shape index (κ3) is 5.78. The lowest BCUT2D eigenvalue weighted by atomic mass is 10.1. The average molecular weight is 524 g/mol. The number of thiocarbonyl (C=S) groups is 1. The third-order valence-electron chi connectivity index (χ3n) is 4.90. The van der Waals surface area contributed by atoms with Gasteiger partial charge in [-0.2, -0.15) is 0 Å². The maximum Gasteiger partial charge on any atom is 0.338 e. The summed E-state index contributed by atoms with van der Waals surface area (Å²) in [5.74, 6) is 0.401. The summed E-state index contributed by atoms with van der Waals surface area (Å²) >= 11 is 8.95. The molecule has 168 valence electrons. The molecule has 0 aliphatic rings. The number of furan rings is 1. The number of hydrazine groups is 1. The summed E-state index contributed by atoms with van der Waals surface area (Å²) in [6.07, 6.45) is 0. The Labute approximate surface area is 205 Å². The minimum Gasteiger partial charge on any atom is -0.462 e. The zero-order chi connectivity index (χ0) is 23.2. The van der Waals surface area contributed by atoms with Gasteiger partial charge in [-0.05, 0) is 73.2 Å². The Balaban J connectivity index is 1.46. The van der Waals surface area contributed by atoms with Crippen molar-refractivity contribution in [3.05, 3.63) is 100 Å². The van der Waals surface area contributed by atoms with E-state index in [0.717, 1.165) is 32.5 Å². The van der Waals surface area contributed by atoms with E-state index in [1.54, 1.807) is 31.2 Å². The van der Waals surface area contributed by atoms with Crippen LogP contribution >= 0.6 is 28.1 Å². The predicted molar refractivity (Wildman–Crippen MR) is 137 cm³/mol.